The van der Waals surface area contributed by atoms with Gasteiger partial charge in [-0.1, -0.05) is 31.9 Å². The lowest BCUT2D eigenvalue weighted by molar-refractivity contribution is 0.0937. The molecule has 0 radical (unpaired) electrons. The maximum Gasteiger partial charge on any atom is 0.253 e. The molecule has 0 saturated carbocycles. The molecule has 5 nitrogen and oxygen atoms in total. The number of hydrogen-bond acceptors (Lipinski definition) is 3. The van der Waals surface area contributed by atoms with Crippen LogP contribution in [0.2, 0.25) is 5.02 Å². The number of nitrogens with zero attached hydrogens (tertiary/aromatic N) is 1. The molecule has 1 aliphatic rings. The highest BCUT2D eigenvalue weighted by atomic mass is 35.5. The van der Waals surface area contributed by atoms with Gasteiger partial charge in [0.05, 0.1) is 15.5 Å². The number of piperidine rings is 1. The van der Waals surface area contributed by atoms with Gasteiger partial charge in [0.15, 0.2) is 0 Å². The minimum Gasteiger partial charge on any atom is -0.350 e. The summed E-state index contributed by atoms with van der Waals surface area (Å²) in [6, 6.07) is 4.37. The molecule has 1 saturated heterocycles. The van der Waals surface area contributed by atoms with Crippen LogP contribution in [0.3, 0.4) is 0 Å². The maximum absolute atomic E-state index is 12.8. The molecule has 1 amide bonds. The summed E-state index contributed by atoms with van der Waals surface area (Å²) in [5, 5.41) is 3.18. The van der Waals surface area contributed by atoms with Gasteiger partial charge in [0, 0.05) is 19.1 Å². The van der Waals surface area contributed by atoms with Crippen molar-refractivity contribution in [1.82, 2.24) is 9.62 Å². The van der Waals surface area contributed by atoms with E-state index in [-0.39, 0.29) is 27.4 Å². The molecule has 146 valence electrons. The summed E-state index contributed by atoms with van der Waals surface area (Å²) in [4.78, 5) is 12.7. The molecule has 1 unspecified atom stereocenters. The zero-order valence-electron chi connectivity index (χ0n) is 15.8. The van der Waals surface area contributed by atoms with Crippen LogP contribution in [-0.4, -0.2) is 37.8 Å². The Hall–Kier alpha value is -1.11. The summed E-state index contributed by atoms with van der Waals surface area (Å²) in [6.45, 7) is 7.28. The molecule has 1 fully saturated rings. The number of carbonyl (C=O) groups is 1. The van der Waals surface area contributed by atoms with Crippen molar-refractivity contribution in [2.45, 2.75) is 63.8 Å². The standard InChI is InChI=1S/C19H29ClN2O3S/c1-14(2)7-8-15(3)21-19(23)17-13-16(9-10-18(17)20)26(24,25)22-11-5-4-6-12-22/h9-10,13-15H,4-8,11-12H2,1-3H3,(H,21,23). The van der Waals surface area contributed by atoms with Crippen molar-refractivity contribution >= 4 is 27.5 Å². The SMILES string of the molecule is CC(C)CCC(C)NC(=O)c1cc(S(=O)(=O)N2CCCCC2)ccc1Cl. The summed E-state index contributed by atoms with van der Waals surface area (Å²) in [5.41, 5.74) is 0.209. The van der Waals surface area contributed by atoms with Gasteiger partial charge in [-0.05, 0) is 56.7 Å². The quantitative estimate of drug-likeness (QED) is 0.750. The number of sulfonamides is 1. The van der Waals surface area contributed by atoms with E-state index in [1.54, 1.807) is 0 Å². The molecule has 0 aliphatic carbocycles. The van der Waals surface area contributed by atoms with Gasteiger partial charge in [-0.2, -0.15) is 4.31 Å². The van der Waals surface area contributed by atoms with Crippen molar-refractivity contribution in [3.63, 3.8) is 0 Å². The van der Waals surface area contributed by atoms with Gasteiger partial charge in [0.2, 0.25) is 10.0 Å². The number of halogens is 1. The van der Waals surface area contributed by atoms with Gasteiger partial charge < -0.3 is 5.32 Å². The normalized spacial score (nSPS) is 17.3. The van der Waals surface area contributed by atoms with Crippen molar-refractivity contribution in [1.29, 1.82) is 0 Å². The molecule has 7 heteroatoms. The molecule has 1 heterocycles. The van der Waals surface area contributed by atoms with Crippen LogP contribution in [0.4, 0.5) is 0 Å². The fraction of sp³-hybridized carbons (Fsp3) is 0.632. The summed E-state index contributed by atoms with van der Waals surface area (Å²) < 4.78 is 27.1. The van der Waals surface area contributed by atoms with Crippen molar-refractivity contribution < 1.29 is 13.2 Å². The van der Waals surface area contributed by atoms with Crippen molar-refractivity contribution in [3.8, 4) is 0 Å². The Morgan fingerprint density at radius 3 is 2.42 bits per heavy atom. The predicted octanol–water partition coefficient (Wildman–Crippen LogP) is 4.07. The van der Waals surface area contributed by atoms with Crippen LogP contribution < -0.4 is 5.32 Å². The lowest BCUT2D eigenvalue weighted by Gasteiger charge is -2.26. The van der Waals surface area contributed by atoms with E-state index in [4.69, 9.17) is 11.6 Å². The Labute approximate surface area is 162 Å². The van der Waals surface area contributed by atoms with Crippen LogP contribution in [0, 0.1) is 5.92 Å². The van der Waals surface area contributed by atoms with Crippen LogP contribution in [-0.2, 0) is 10.0 Å². The second kappa shape index (κ2) is 9.20. The summed E-state index contributed by atoms with van der Waals surface area (Å²) in [5.74, 6) is 0.234. The third-order valence-corrected chi connectivity index (χ3v) is 6.91. The smallest absolute Gasteiger partial charge is 0.253 e. The van der Waals surface area contributed by atoms with Gasteiger partial charge >= 0.3 is 0 Å². The Kier molecular flexibility index (Phi) is 7.50. The zero-order chi connectivity index (χ0) is 19.3. The molecule has 26 heavy (non-hydrogen) atoms. The predicted molar refractivity (Wildman–Crippen MR) is 105 cm³/mol. The van der Waals surface area contributed by atoms with Gasteiger partial charge in [0.25, 0.3) is 5.91 Å². The topological polar surface area (TPSA) is 66.5 Å². The summed E-state index contributed by atoms with van der Waals surface area (Å²) in [6.07, 6.45) is 4.67. The zero-order valence-corrected chi connectivity index (χ0v) is 17.4. The largest absolute Gasteiger partial charge is 0.350 e. The molecule has 0 bridgehead atoms. The number of carbonyl (C=O) groups excluding carboxylic acids is 1. The maximum atomic E-state index is 12.8. The second-order valence-corrected chi connectivity index (χ2v) is 9.80. The van der Waals surface area contributed by atoms with Gasteiger partial charge in [-0.3, -0.25) is 4.79 Å². The van der Waals surface area contributed by atoms with Crippen molar-refractivity contribution in [3.05, 3.63) is 28.8 Å². The number of amides is 1. The van der Waals surface area contributed by atoms with E-state index in [1.165, 1.54) is 22.5 Å². The molecule has 1 aliphatic heterocycles. The van der Waals surface area contributed by atoms with E-state index >= 15 is 0 Å². The molecule has 2 rings (SSSR count). The molecule has 1 atom stereocenters. The van der Waals surface area contributed by atoms with E-state index in [0.29, 0.717) is 19.0 Å². The minimum absolute atomic E-state index is 0.00308. The summed E-state index contributed by atoms with van der Waals surface area (Å²) >= 11 is 6.17. The average Bonchev–Trinajstić information content (AvgIpc) is 2.60. The van der Waals surface area contributed by atoms with E-state index in [0.717, 1.165) is 32.1 Å². The molecule has 1 aromatic rings. The number of nitrogens with one attached hydrogen (secondary N) is 1. The van der Waals surface area contributed by atoms with Gasteiger partial charge in [-0.25, -0.2) is 8.42 Å². The van der Waals surface area contributed by atoms with E-state index in [9.17, 15) is 13.2 Å². The minimum atomic E-state index is -3.59. The Morgan fingerprint density at radius 2 is 1.81 bits per heavy atom. The van der Waals surface area contributed by atoms with Crippen LogP contribution in [0.1, 0.15) is 63.2 Å². The first-order valence-corrected chi connectivity index (χ1v) is 11.1. The summed E-state index contributed by atoms with van der Waals surface area (Å²) in [7, 11) is -3.59. The number of benzene rings is 1. The average molecular weight is 401 g/mol. The second-order valence-electron chi connectivity index (χ2n) is 7.45. The Bertz CT molecular complexity index is 728. The third kappa shape index (κ3) is 5.44. The van der Waals surface area contributed by atoms with Crippen LogP contribution in [0.5, 0.6) is 0 Å². The Balaban J connectivity index is 2.17. The van der Waals surface area contributed by atoms with E-state index in [2.05, 4.69) is 19.2 Å². The van der Waals surface area contributed by atoms with E-state index in [1.807, 2.05) is 6.92 Å². The fourth-order valence-corrected chi connectivity index (χ4v) is 4.80. The van der Waals surface area contributed by atoms with Crippen molar-refractivity contribution in [2.75, 3.05) is 13.1 Å². The molecule has 0 aromatic heterocycles. The highest BCUT2D eigenvalue weighted by molar-refractivity contribution is 7.89. The fourth-order valence-electron chi connectivity index (χ4n) is 3.05. The third-order valence-electron chi connectivity index (χ3n) is 4.69. The molecule has 1 N–H and O–H groups in total. The van der Waals surface area contributed by atoms with Gasteiger partial charge in [0.1, 0.15) is 0 Å². The first-order valence-electron chi connectivity index (χ1n) is 9.32. The number of hydrogen-bond donors (Lipinski definition) is 1. The molecular formula is C19H29ClN2O3S. The van der Waals surface area contributed by atoms with Crippen LogP contribution in [0.25, 0.3) is 0 Å². The Morgan fingerprint density at radius 1 is 1.15 bits per heavy atom. The lowest BCUT2D eigenvalue weighted by atomic mass is 10.0. The van der Waals surface area contributed by atoms with Gasteiger partial charge in [-0.15, -0.1) is 0 Å². The van der Waals surface area contributed by atoms with Crippen LogP contribution in [0.15, 0.2) is 23.1 Å². The highest BCUT2D eigenvalue weighted by Gasteiger charge is 2.27. The highest BCUT2D eigenvalue weighted by Crippen LogP contribution is 2.25. The van der Waals surface area contributed by atoms with Crippen molar-refractivity contribution in [2.24, 2.45) is 5.92 Å². The lowest BCUT2D eigenvalue weighted by Crippen LogP contribution is -2.36. The molecular weight excluding hydrogens is 372 g/mol. The van der Waals surface area contributed by atoms with Crippen LogP contribution >= 0.6 is 11.6 Å². The number of rotatable bonds is 7. The molecule has 0 spiro atoms. The molecule has 1 aromatic carbocycles. The first kappa shape index (κ1) is 21.2. The first-order chi connectivity index (χ1) is 12.2. The monoisotopic (exact) mass is 400 g/mol. The van der Waals surface area contributed by atoms with E-state index < -0.39 is 10.0 Å².